The minimum absolute atomic E-state index is 0. The largest absolute Gasteiger partial charge is 0.296 e. The minimum atomic E-state index is 0. The van der Waals surface area contributed by atoms with Gasteiger partial charge in [0.2, 0.25) is 0 Å². The topological polar surface area (TPSA) is 3.24 Å². The molecule has 0 aliphatic heterocycles. The van der Waals surface area contributed by atoms with E-state index in [1.165, 1.54) is 5.56 Å². The second kappa shape index (κ2) is 17.1. The Morgan fingerprint density at radius 1 is 0.870 bits per heavy atom. The molecule has 0 bridgehead atoms. The minimum Gasteiger partial charge on any atom is -0.296 e. The van der Waals surface area contributed by atoms with Crippen molar-refractivity contribution in [3.63, 3.8) is 0 Å². The van der Waals surface area contributed by atoms with E-state index in [-0.39, 0.29) is 55.0 Å². The molecule has 1 rings (SSSR count). The molecule has 2 heteroatoms. The van der Waals surface area contributed by atoms with Gasteiger partial charge in [-0.25, -0.2) is 0 Å². The molecule has 0 heterocycles. The number of hydrogen-bond acceptors (Lipinski definition) is 1. The first-order chi connectivity index (χ1) is 8.70. The van der Waals surface area contributed by atoms with E-state index in [2.05, 4.69) is 84.6 Å². The van der Waals surface area contributed by atoms with Gasteiger partial charge in [0.25, 0.3) is 0 Å². The van der Waals surface area contributed by atoms with Crippen LogP contribution >= 0.6 is 0 Å². The zero-order valence-electron chi connectivity index (χ0n) is 14.8. The molecule has 1 aromatic rings. The monoisotopic (exact) mass is 400 g/mol. The van der Waals surface area contributed by atoms with Gasteiger partial charge >= 0.3 is 0 Å². The molecule has 0 saturated heterocycles. The van der Waals surface area contributed by atoms with Crippen LogP contribution in [-0.2, 0) is 32.7 Å². The maximum absolute atomic E-state index is 2.48. The van der Waals surface area contributed by atoms with E-state index in [1.807, 2.05) is 6.07 Å². The van der Waals surface area contributed by atoms with E-state index in [1.54, 1.807) is 0 Å². The molecular weight excluding hydrogens is 355 g/mol. The second-order valence-corrected chi connectivity index (χ2v) is 6.62. The first kappa shape index (κ1) is 34.6. The summed E-state index contributed by atoms with van der Waals surface area (Å²) in [6.45, 7) is 19.0. The van der Waals surface area contributed by atoms with Crippen LogP contribution in [0, 0.1) is 0 Å². The standard InChI is InChI=1S/C9H21N.C9H12.3CH4.Y/c1-7-10(8(2)3)9(4,5)6;1-8(2)9-6-4-3-5-7-9;;;;/h8H,7H2,1-6H3;3-8H,1-2H3;3*1H4;. The fourth-order valence-corrected chi connectivity index (χ4v) is 2.45. The maximum Gasteiger partial charge on any atom is 0.0127 e. The Balaban J connectivity index is -0.0000000801. The third-order valence-corrected chi connectivity index (χ3v) is 3.29. The average molecular weight is 401 g/mol. The molecule has 0 amide bonds. The van der Waals surface area contributed by atoms with Gasteiger partial charge in [-0.3, -0.25) is 4.90 Å². The molecule has 1 nitrogen and oxygen atoms in total. The molecule has 1 aromatic carbocycles. The molecule has 23 heavy (non-hydrogen) atoms. The summed E-state index contributed by atoms with van der Waals surface area (Å²) < 4.78 is 0. The molecule has 0 unspecified atom stereocenters. The van der Waals surface area contributed by atoms with Crippen molar-refractivity contribution in [1.29, 1.82) is 0 Å². The van der Waals surface area contributed by atoms with E-state index in [0.717, 1.165) is 6.54 Å². The third-order valence-electron chi connectivity index (χ3n) is 3.29. The molecule has 0 aliphatic carbocycles. The van der Waals surface area contributed by atoms with Gasteiger partial charge in [0.15, 0.2) is 0 Å². The molecule has 0 aliphatic rings. The van der Waals surface area contributed by atoms with E-state index in [4.69, 9.17) is 0 Å². The summed E-state index contributed by atoms with van der Waals surface area (Å²) in [6, 6.07) is 11.2. The van der Waals surface area contributed by atoms with Crippen molar-refractivity contribution in [3.05, 3.63) is 35.9 Å². The van der Waals surface area contributed by atoms with Crippen molar-refractivity contribution in [1.82, 2.24) is 4.90 Å². The Kier molecular flexibility index (Phi) is 25.7. The van der Waals surface area contributed by atoms with Crippen LogP contribution in [0.25, 0.3) is 0 Å². The van der Waals surface area contributed by atoms with Crippen LogP contribution in [0.3, 0.4) is 0 Å². The quantitative estimate of drug-likeness (QED) is 0.517. The maximum atomic E-state index is 2.48. The number of nitrogens with zero attached hydrogens (tertiary/aromatic N) is 1. The molecule has 0 fully saturated rings. The molecule has 0 atom stereocenters. The number of rotatable bonds is 3. The molecule has 0 saturated carbocycles. The summed E-state index contributed by atoms with van der Waals surface area (Å²) in [4.78, 5) is 2.48. The van der Waals surface area contributed by atoms with Crippen LogP contribution in [0.5, 0.6) is 0 Å². The van der Waals surface area contributed by atoms with Crippen molar-refractivity contribution < 1.29 is 32.7 Å². The van der Waals surface area contributed by atoms with E-state index in [0.29, 0.717) is 17.5 Å². The second-order valence-electron chi connectivity index (χ2n) is 6.62. The molecular formula is C21H45NY. The summed E-state index contributed by atoms with van der Waals surface area (Å²) in [5.41, 5.74) is 1.74. The molecule has 1 radical (unpaired) electrons. The van der Waals surface area contributed by atoms with Gasteiger partial charge in [-0.1, -0.05) is 73.4 Å². The van der Waals surface area contributed by atoms with Gasteiger partial charge in [-0.05, 0) is 52.6 Å². The van der Waals surface area contributed by atoms with Crippen molar-refractivity contribution in [2.45, 2.75) is 95.2 Å². The molecule has 0 aromatic heterocycles. The normalized spacial score (nSPS) is 9.70. The number of benzene rings is 1. The van der Waals surface area contributed by atoms with Crippen LogP contribution in [0.1, 0.15) is 89.2 Å². The summed E-state index contributed by atoms with van der Waals surface area (Å²) in [5, 5.41) is 0. The summed E-state index contributed by atoms with van der Waals surface area (Å²) in [7, 11) is 0. The van der Waals surface area contributed by atoms with Gasteiger partial charge in [-0.15, -0.1) is 0 Å². The van der Waals surface area contributed by atoms with Gasteiger partial charge < -0.3 is 0 Å². The van der Waals surface area contributed by atoms with Gasteiger partial charge in [0, 0.05) is 44.3 Å². The summed E-state index contributed by atoms with van der Waals surface area (Å²) in [5.74, 6) is 0.659. The third kappa shape index (κ3) is 15.5. The number of hydrogen-bond donors (Lipinski definition) is 0. The fraction of sp³-hybridized carbons (Fsp3) is 0.714. The van der Waals surface area contributed by atoms with Crippen LogP contribution in [0.15, 0.2) is 30.3 Å². The Morgan fingerprint density at radius 2 is 1.26 bits per heavy atom. The summed E-state index contributed by atoms with van der Waals surface area (Å²) in [6.07, 6.45) is 0. The Hall–Kier alpha value is 0.284. The Labute approximate surface area is 174 Å². The van der Waals surface area contributed by atoms with E-state index >= 15 is 0 Å². The van der Waals surface area contributed by atoms with E-state index < -0.39 is 0 Å². The van der Waals surface area contributed by atoms with Gasteiger partial charge in [0.1, 0.15) is 0 Å². The Morgan fingerprint density at radius 3 is 1.39 bits per heavy atom. The van der Waals surface area contributed by atoms with Crippen molar-refractivity contribution in [3.8, 4) is 0 Å². The zero-order chi connectivity index (χ0) is 15.1. The summed E-state index contributed by atoms with van der Waals surface area (Å²) >= 11 is 0. The van der Waals surface area contributed by atoms with Crippen molar-refractivity contribution in [2.75, 3.05) is 6.54 Å². The SMILES string of the molecule is C.C.C.CC(C)c1ccccc1.CCN(C(C)C)C(C)(C)C.[Y]. The van der Waals surface area contributed by atoms with Crippen LogP contribution < -0.4 is 0 Å². The molecule has 0 N–H and O–H groups in total. The molecule has 0 spiro atoms. The van der Waals surface area contributed by atoms with Crippen LogP contribution in [0.2, 0.25) is 0 Å². The smallest absolute Gasteiger partial charge is 0.0127 e. The van der Waals surface area contributed by atoms with E-state index in [9.17, 15) is 0 Å². The van der Waals surface area contributed by atoms with Crippen LogP contribution in [0.4, 0.5) is 0 Å². The van der Waals surface area contributed by atoms with Crippen molar-refractivity contribution >= 4 is 0 Å². The Bertz CT molecular complexity index is 325. The van der Waals surface area contributed by atoms with Crippen LogP contribution in [-0.4, -0.2) is 23.0 Å². The predicted octanol–water partition coefficient (Wildman–Crippen LogP) is 7.23. The zero-order valence-corrected chi connectivity index (χ0v) is 17.6. The van der Waals surface area contributed by atoms with Crippen molar-refractivity contribution in [2.24, 2.45) is 0 Å². The van der Waals surface area contributed by atoms with Gasteiger partial charge in [0.05, 0.1) is 0 Å². The predicted molar refractivity (Wildman–Crippen MR) is 108 cm³/mol. The average Bonchev–Trinajstić information content (AvgIpc) is 2.29. The molecule has 137 valence electrons. The fourth-order valence-electron chi connectivity index (χ4n) is 2.45. The van der Waals surface area contributed by atoms with Gasteiger partial charge in [-0.2, -0.15) is 0 Å². The first-order valence-electron chi connectivity index (χ1n) is 7.51. The first-order valence-corrected chi connectivity index (χ1v) is 7.51.